The van der Waals surface area contributed by atoms with E-state index in [0.29, 0.717) is 0 Å². The van der Waals surface area contributed by atoms with Gasteiger partial charge in [0.1, 0.15) is 5.75 Å². The minimum atomic E-state index is -0.0715. The number of fused-ring (bicyclic) bond motifs is 1. The Kier molecular flexibility index (Phi) is 3.43. The first kappa shape index (κ1) is 11.0. The Hall–Kier alpha value is -1.53. The van der Waals surface area contributed by atoms with Gasteiger partial charge in [0.25, 0.3) is 0 Å². The van der Waals surface area contributed by atoms with E-state index in [1.165, 1.54) is 11.1 Å². The number of benzene rings is 1. The third-order valence-corrected chi connectivity index (χ3v) is 2.81. The third kappa shape index (κ3) is 2.53. The lowest BCUT2D eigenvalue weighted by molar-refractivity contribution is 0.357. The first-order chi connectivity index (χ1) is 7.79. The molecule has 0 bridgehead atoms. The van der Waals surface area contributed by atoms with E-state index in [1.54, 1.807) is 0 Å². The van der Waals surface area contributed by atoms with Crippen molar-refractivity contribution in [3.63, 3.8) is 0 Å². The van der Waals surface area contributed by atoms with E-state index in [9.17, 15) is 0 Å². The van der Waals surface area contributed by atoms with Crippen molar-refractivity contribution in [1.29, 1.82) is 5.26 Å². The first-order valence-corrected chi connectivity index (χ1v) is 5.67. The minimum Gasteiger partial charge on any atom is -0.493 e. The monoisotopic (exact) mass is 216 g/mol. The molecule has 1 heterocycles. The van der Waals surface area contributed by atoms with Crippen LogP contribution < -0.4 is 10.1 Å². The van der Waals surface area contributed by atoms with Gasteiger partial charge >= 0.3 is 0 Å². The number of nitrogens with zero attached hydrogens (tertiary/aromatic N) is 1. The number of ether oxygens (including phenoxy) is 1. The van der Waals surface area contributed by atoms with Gasteiger partial charge < -0.3 is 10.1 Å². The van der Waals surface area contributed by atoms with Gasteiger partial charge in [-0.2, -0.15) is 5.26 Å². The second-order valence-corrected chi connectivity index (χ2v) is 4.10. The first-order valence-electron chi connectivity index (χ1n) is 5.67. The molecule has 0 radical (unpaired) electrons. The number of rotatable bonds is 4. The summed E-state index contributed by atoms with van der Waals surface area (Å²) in [4.78, 5) is 0. The number of hydrogen-bond donors (Lipinski definition) is 1. The summed E-state index contributed by atoms with van der Waals surface area (Å²) in [6, 6.07) is 8.45. The average Bonchev–Trinajstić information content (AvgIpc) is 2.76. The fourth-order valence-electron chi connectivity index (χ4n) is 1.87. The van der Waals surface area contributed by atoms with Crippen LogP contribution in [0.25, 0.3) is 0 Å². The van der Waals surface area contributed by atoms with E-state index in [-0.39, 0.29) is 6.04 Å². The molecule has 16 heavy (non-hydrogen) atoms. The van der Waals surface area contributed by atoms with Crippen LogP contribution in [-0.2, 0) is 12.8 Å². The molecule has 0 aromatic heterocycles. The molecule has 1 aliphatic heterocycles. The molecule has 1 N–H and O–H groups in total. The maximum Gasteiger partial charge on any atom is 0.122 e. The van der Waals surface area contributed by atoms with Gasteiger partial charge in [0.05, 0.1) is 18.7 Å². The van der Waals surface area contributed by atoms with Crippen LogP contribution >= 0.6 is 0 Å². The molecule has 1 unspecified atom stereocenters. The number of hydrogen-bond acceptors (Lipinski definition) is 3. The largest absolute Gasteiger partial charge is 0.493 e. The van der Waals surface area contributed by atoms with Crippen LogP contribution in [0.5, 0.6) is 5.75 Å². The lowest BCUT2D eigenvalue weighted by Gasteiger charge is -2.07. The van der Waals surface area contributed by atoms with Gasteiger partial charge in [0, 0.05) is 13.0 Å². The van der Waals surface area contributed by atoms with E-state index in [2.05, 4.69) is 23.5 Å². The third-order valence-electron chi connectivity index (χ3n) is 2.81. The standard InChI is InChI=1S/C13H16N2O/c1-10(9-14)15-6-4-11-2-3-13-12(8-11)5-7-16-13/h2-3,8,10,15H,4-7H2,1H3. The van der Waals surface area contributed by atoms with Crippen LogP contribution in [0.3, 0.4) is 0 Å². The van der Waals surface area contributed by atoms with Crippen molar-refractivity contribution in [3.05, 3.63) is 29.3 Å². The second kappa shape index (κ2) is 5.00. The van der Waals surface area contributed by atoms with Gasteiger partial charge in [-0.1, -0.05) is 12.1 Å². The summed E-state index contributed by atoms with van der Waals surface area (Å²) in [6.07, 6.45) is 1.98. The zero-order chi connectivity index (χ0) is 11.4. The lowest BCUT2D eigenvalue weighted by atomic mass is 10.1. The molecule has 2 rings (SSSR count). The van der Waals surface area contributed by atoms with E-state index >= 15 is 0 Å². The Balaban J connectivity index is 1.89. The van der Waals surface area contributed by atoms with E-state index < -0.39 is 0 Å². The van der Waals surface area contributed by atoms with Gasteiger partial charge in [-0.3, -0.25) is 0 Å². The van der Waals surface area contributed by atoms with Crippen LogP contribution in [-0.4, -0.2) is 19.2 Å². The molecular formula is C13H16N2O. The zero-order valence-corrected chi connectivity index (χ0v) is 9.49. The lowest BCUT2D eigenvalue weighted by Crippen LogP contribution is -2.26. The number of nitrogens with one attached hydrogen (secondary N) is 1. The van der Waals surface area contributed by atoms with Crippen molar-refractivity contribution in [3.8, 4) is 11.8 Å². The maximum absolute atomic E-state index is 8.63. The molecule has 0 saturated carbocycles. The van der Waals surface area contributed by atoms with Crippen LogP contribution in [0.2, 0.25) is 0 Å². The van der Waals surface area contributed by atoms with E-state index in [1.807, 2.05) is 13.0 Å². The van der Waals surface area contributed by atoms with Crippen LogP contribution in [0.15, 0.2) is 18.2 Å². The predicted octanol–water partition coefficient (Wildman–Crippen LogP) is 1.67. The molecule has 1 aromatic rings. The molecular weight excluding hydrogens is 200 g/mol. The molecule has 1 aromatic carbocycles. The highest BCUT2D eigenvalue weighted by molar-refractivity contribution is 5.39. The summed E-state index contributed by atoms with van der Waals surface area (Å²) in [5.41, 5.74) is 2.62. The fraction of sp³-hybridized carbons (Fsp3) is 0.462. The molecule has 3 heteroatoms. The normalized spacial score (nSPS) is 15.0. The Bertz CT molecular complexity index is 409. The Morgan fingerprint density at radius 1 is 1.56 bits per heavy atom. The zero-order valence-electron chi connectivity index (χ0n) is 9.49. The molecule has 84 valence electrons. The van der Waals surface area contributed by atoms with Crippen molar-refractivity contribution in [2.45, 2.75) is 25.8 Å². The number of nitriles is 1. The van der Waals surface area contributed by atoms with Gasteiger partial charge in [-0.25, -0.2) is 0 Å². The topological polar surface area (TPSA) is 45.0 Å². The Morgan fingerprint density at radius 3 is 3.25 bits per heavy atom. The highest BCUT2D eigenvalue weighted by Crippen LogP contribution is 2.25. The SMILES string of the molecule is CC(C#N)NCCc1ccc2c(c1)CCO2. The summed E-state index contributed by atoms with van der Waals surface area (Å²) in [5, 5.41) is 11.8. The molecule has 0 amide bonds. The van der Waals surface area contributed by atoms with Gasteiger partial charge in [0.15, 0.2) is 0 Å². The Morgan fingerprint density at radius 2 is 2.44 bits per heavy atom. The molecule has 1 aliphatic rings. The Labute approximate surface area is 96.0 Å². The van der Waals surface area contributed by atoms with Crippen molar-refractivity contribution in [2.75, 3.05) is 13.2 Å². The summed E-state index contributed by atoms with van der Waals surface area (Å²) >= 11 is 0. The second-order valence-electron chi connectivity index (χ2n) is 4.10. The molecule has 0 spiro atoms. The molecule has 0 aliphatic carbocycles. The van der Waals surface area contributed by atoms with Crippen LogP contribution in [0.1, 0.15) is 18.1 Å². The van der Waals surface area contributed by atoms with Gasteiger partial charge in [-0.05, 0) is 30.5 Å². The van der Waals surface area contributed by atoms with Crippen LogP contribution in [0.4, 0.5) is 0 Å². The molecule has 3 nitrogen and oxygen atoms in total. The average molecular weight is 216 g/mol. The van der Waals surface area contributed by atoms with Crippen molar-refractivity contribution in [2.24, 2.45) is 0 Å². The molecule has 0 fully saturated rings. The van der Waals surface area contributed by atoms with E-state index in [0.717, 1.165) is 31.7 Å². The maximum atomic E-state index is 8.63. The van der Waals surface area contributed by atoms with Gasteiger partial charge in [-0.15, -0.1) is 0 Å². The highest BCUT2D eigenvalue weighted by atomic mass is 16.5. The highest BCUT2D eigenvalue weighted by Gasteiger charge is 2.11. The van der Waals surface area contributed by atoms with Crippen molar-refractivity contribution < 1.29 is 4.74 Å². The smallest absolute Gasteiger partial charge is 0.122 e. The molecule has 1 atom stereocenters. The quantitative estimate of drug-likeness (QED) is 0.832. The summed E-state index contributed by atoms with van der Waals surface area (Å²) in [7, 11) is 0. The van der Waals surface area contributed by atoms with Crippen molar-refractivity contribution >= 4 is 0 Å². The molecule has 0 saturated heterocycles. The minimum absolute atomic E-state index is 0.0715. The summed E-state index contributed by atoms with van der Waals surface area (Å²) < 4.78 is 5.45. The summed E-state index contributed by atoms with van der Waals surface area (Å²) in [6.45, 7) is 3.52. The fourth-order valence-corrected chi connectivity index (χ4v) is 1.87. The van der Waals surface area contributed by atoms with Gasteiger partial charge in [0.2, 0.25) is 0 Å². The van der Waals surface area contributed by atoms with Crippen LogP contribution in [0, 0.1) is 11.3 Å². The van der Waals surface area contributed by atoms with Crippen molar-refractivity contribution in [1.82, 2.24) is 5.32 Å². The van der Waals surface area contributed by atoms with E-state index in [4.69, 9.17) is 10.00 Å². The predicted molar refractivity (Wildman–Crippen MR) is 62.4 cm³/mol. The summed E-state index contributed by atoms with van der Waals surface area (Å²) in [5.74, 6) is 1.03.